The van der Waals surface area contributed by atoms with Crippen LogP contribution in [0.2, 0.25) is 5.02 Å². The summed E-state index contributed by atoms with van der Waals surface area (Å²) in [5.74, 6) is -0.404. The van der Waals surface area contributed by atoms with Gasteiger partial charge in [0.2, 0.25) is 0 Å². The van der Waals surface area contributed by atoms with Crippen molar-refractivity contribution in [2.24, 2.45) is 16.4 Å². The van der Waals surface area contributed by atoms with Crippen LogP contribution in [0.25, 0.3) is 0 Å². The standard InChI is InChI=1S/C22H23ClN2O2/c1-15-22(14-25(24-15)17-7-3-2-4-8-17)20(27)12-11-16(13-26)21(22)18-9-5-6-10-19(18)23/h2-10,13,16,20-21,27H,11-12,14H2,1H3/t16-,20+,21+,22?/m1/s1. The number of rotatable bonds is 3. The van der Waals surface area contributed by atoms with Crippen LogP contribution in [0.1, 0.15) is 31.2 Å². The van der Waals surface area contributed by atoms with Crippen LogP contribution in [0, 0.1) is 11.3 Å². The van der Waals surface area contributed by atoms with E-state index in [-0.39, 0.29) is 11.8 Å². The molecule has 27 heavy (non-hydrogen) atoms. The Labute approximate surface area is 164 Å². The van der Waals surface area contributed by atoms with Crippen molar-refractivity contribution in [3.8, 4) is 0 Å². The molecule has 1 saturated carbocycles. The Balaban J connectivity index is 1.83. The minimum Gasteiger partial charge on any atom is -0.392 e. The zero-order valence-electron chi connectivity index (χ0n) is 15.3. The van der Waals surface area contributed by atoms with E-state index < -0.39 is 11.5 Å². The second-order valence-corrected chi connectivity index (χ2v) is 7.92. The first-order chi connectivity index (χ1) is 13.1. The van der Waals surface area contributed by atoms with Gasteiger partial charge in [0.1, 0.15) is 6.29 Å². The Morgan fingerprint density at radius 1 is 1.15 bits per heavy atom. The molecule has 0 radical (unpaired) electrons. The SMILES string of the molecule is CC1=NN(c2ccccc2)CC12[C@H](c1ccccc1Cl)[C@@H](C=O)CC[C@@H]2O. The van der Waals surface area contributed by atoms with Gasteiger partial charge in [0.05, 0.1) is 23.8 Å². The van der Waals surface area contributed by atoms with Crippen LogP contribution < -0.4 is 5.01 Å². The lowest BCUT2D eigenvalue weighted by Crippen LogP contribution is -2.54. The number of aldehydes is 1. The zero-order chi connectivity index (χ0) is 19.0. The number of aliphatic hydroxyl groups is 1. The molecule has 0 amide bonds. The van der Waals surface area contributed by atoms with E-state index in [4.69, 9.17) is 16.7 Å². The van der Waals surface area contributed by atoms with Crippen molar-refractivity contribution in [2.45, 2.75) is 31.8 Å². The lowest BCUT2D eigenvalue weighted by molar-refractivity contribution is -0.115. The Bertz CT molecular complexity index is 870. The Morgan fingerprint density at radius 2 is 1.85 bits per heavy atom. The summed E-state index contributed by atoms with van der Waals surface area (Å²) in [5, 5.41) is 18.5. The summed E-state index contributed by atoms with van der Waals surface area (Å²) in [6, 6.07) is 17.6. The van der Waals surface area contributed by atoms with Gasteiger partial charge < -0.3 is 9.90 Å². The molecule has 2 aromatic carbocycles. The van der Waals surface area contributed by atoms with E-state index in [1.165, 1.54) is 0 Å². The van der Waals surface area contributed by atoms with Gasteiger partial charge in [-0.1, -0.05) is 48.0 Å². The zero-order valence-corrected chi connectivity index (χ0v) is 16.0. The van der Waals surface area contributed by atoms with E-state index >= 15 is 0 Å². The maximum atomic E-state index is 12.0. The molecule has 0 saturated heterocycles. The predicted octanol–water partition coefficient (Wildman–Crippen LogP) is 4.28. The van der Waals surface area contributed by atoms with E-state index in [1.54, 1.807) is 0 Å². The fourth-order valence-electron chi connectivity index (χ4n) is 4.84. The van der Waals surface area contributed by atoms with E-state index in [0.29, 0.717) is 24.4 Å². The molecule has 1 heterocycles. The summed E-state index contributed by atoms with van der Waals surface area (Å²) in [7, 11) is 0. The Morgan fingerprint density at radius 3 is 2.56 bits per heavy atom. The van der Waals surface area contributed by atoms with Crippen LogP contribution in [0.4, 0.5) is 5.69 Å². The van der Waals surface area contributed by atoms with Crippen molar-refractivity contribution in [2.75, 3.05) is 11.6 Å². The predicted molar refractivity (Wildman–Crippen MR) is 108 cm³/mol. The summed E-state index contributed by atoms with van der Waals surface area (Å²) in [6.07, 6.45) is 1.69. The number of hydrogen-bond donors (Lipinski definition) is 1. The minimum atomic E-state index is -0.634. The number of hydrazone groups is 1. The van der Waals surface area contributed by atoms with Crippen LogP contribution in [-0.4, -0.2) is 29.8 Å². The maximum Gasteiger partial charge on any atom is 0.123 e. The quantitative estimate of drug-likeness (QED) is 0.806. The highest BCUT2D eigenvalue weighted by Gasteiger charge is 2.57. The molecule has 2 aromatic rings. The van der Waals surface area contributed by atoms with Crippen LogP contribution in [0.5, 0.6) is 0 Å². The second-order valence-electron chi connectivity index (χ2n) is 7.51. The van der Waals surface area contributed by atoms with Gasteiger partial charge in [0, 0.05) is 22.6 Å². The van der Waals surface area contributed by atoms with Gasteiger partial charge in [-0.25, -0.2) is 0 Å². The number of benzene rings is 2. The summed E-state index contributed by atoms with van der Waals surface area (Å²) in [5.41, 5.74) is 2.12. The highest BCUT2D eigenvalue weighted by molar-refractivity contribution is 6.31. The molecular weight excluding hydrogens is 360 g/mol. The van der Waals surface area contributed by atoms with Crippen LogP contribution in [-0.2, 0) is 4.79 Å². The molecule has 2 aliphatic rings. The first-order valence-electron chi connectivity index (χ1n) is 9.34. The minimum absolute atomic E-state index is 0.200. The van der Waals surface area contributed by atoms with Gasteiger partial charge in [-0.15, -0.1) is 0 Å². The molecule has 0 aromatic heterocycles. The first kappa shape index (κ1) is 18.2. The van der Waals surface area contributed by atoms with Gasteiger partial charge in [0.15, 0.2) is 0 Å². The fraction of sp³-hybridized carbons (Fsp3) is 0.364. The van der Waals surface area contributed by atoms with E-state index in [0.717, 1.165) is 23.2 Å². The number of para-hydroxylation sites is 1. The lowest BCUT2D eigenvalue weighted by Gasteiger charge is -2.48. The molecule has 1 spiro atoms. The Hall–Kier alpha value is -2.17. The van der Waals surface area contributed by atoms with Gasteiger partial charge in [-0.2, -0.15) is 5.10 Å². The molecule has 1 unspecified atom stereocenters. The van der Waals surface area contributed by atoms with Crippen molar-refractivity contribution in [1.82, 2.24) is 0 Å². The van der Waals surface area contributed by atoms with Crippen molar-refractivity contribution in [3.05, 3.63) is 65.2 Å². The number of aliphatic hydroxyl groups excluding tert-OH is 1. The van der Waals surface area contributed by atoms with E-state index in [1.807, 2.05) is 66.5 Å². The third-order valence-corrected chi connectivity index (χ3v) is 6.52. The average Bonchev–Trinajstić information content (AvgIpc) is 3.03. The largest absolute Gasteiger partial charge is 0.392 e. The molecule has 4 nitrogen and oxygen atoms in total. The smallest absolute Gasteiger partial charge is 0.123 e. The molecule has 1 N–H and O–H groups in total. The fourth-order valence-corrected chi connectivity index (χ4v) is 5.09. The number of halogens is 1. The topological polar surface area (TPSA) is 52.9 Å². The normalized spacial score (nSPS) is 30.4. The molecule has 1 aliphatic heterocycles. The molecule has 4 rings (SSSR count). The molecule has 140 valence electrons. The average molecular weight is 383 g/mol. The number of carbonyl (C=O) groups excluding carboxylic acids is 1. The molecule has 4 atom stereocenters. The first-order valence-corrected chi connectivity index (χ1v) is 9.72. The number of hydrogen-bond acceptors (Lipinski definition) is 4. The summed E-state index contributed by atoms with van der Waals surface area (Å²) in [4.78, 5) is 12.0. The molecule has 0 bridgehead atoms. The number of nitrogens with zero attached hydrogens (tertiary/aromatic N) is 2. The van der Waals surface area contributed by atoms with Crippen LogP contribution in [0.15, 0.2) is 59.7 Å². The van der Waals surface area contributed by atoms with Crippen LogP contribution >= 0.6 is 11.6 Å². The Kier molecular flexibility index (Phi) is 4.79. The second kappa shape index (κ2) is 7.10. The summed E-state index contributed by atoms with van der Waals surface area (Å²) < 4.78 is 0. The van der Waals surface area contributed by atoms with Crippen molar-refractivity contribution < 1.29 is 9.90 Å². The highest BCUT2D eigenvalue weighted by atomic mass is 35.5. The monoisotopic (exact) mass is 382 g/mol. The van der Waals surface area contributed by atoms with Gasteiger partial charge in [-0.05, 0) is 43.5 Å². The lowest BCUT2D eigenvalue weighted by atomic mass is 9.56. The number of anilines is 1. The third-order valence-electron chi connectivity index (χ3n) is 6.18. The van der Waals surface area contributed by atoms with Gasteiger partial charge in [0.25, 0.3) is 0 Å². The summed E-state index contributed by atoms with van der Waals surface area (Å²) in [6.45, 7) is 2.49. The number of carbonyl (C=O) groups is 1. The van der Waals surface area contributed by atoms with Gasteiger partial charge in [-0.3, -0.25) is 5.01 Å². The molecule has 5 heteroatoms. The third kappa shape index (κ3) is 2.88. The highest BCUT2D eigenvalue weighted by Crippen LogP contribution is 2.54. The van der Waals surface area contributed by atoms with E-state index in [2.05, 4.69) is 0 Å². The van der Waals surface area contributed by atoms with Crippen molar-refractivity contribution >= 4 is 29.3 Å². The van der Waals surface area contributed by atoms with Gasteiger partial charge >= 0.3 is 0 Å². The van der Waals surface area contributed by atoms with Crippen molar-refractivity contribution in [1.29, 1.82) is 0 Å². The molecule has 1 aliphatic carbocycles. The maximum absolute atomic E-state index is 12.0. The van der Waals surface area contributed by atoms with Crippen LogP contribution in [0.3, 0.4) is 0 Å². The van der Waals surface area contributed by atoms with E-state index in [9.17, 15) is 9.90 Å². The summed E-state index contributed by atoms with van der Waals surface area (Å²) >= 11 is 6.54. The molecule has 1 fully saturated rings. The van der Waals surface area contributed by atoms with Crippen molar-refractivity contribution in [3.63, 3.8) is 0 Å². The molecular formula is C22H23ClN2O2.